The molecular weight excluding hydrogens is 408 g/mol. The van der Waals surface area contributed by atoms with Crippen LogP contribution in [0.3, 0.4) is 0 Å². The van der Waals surface area contributed by atoms with E-state index in [1.54, 1.807) is 24.3 Å². The maximum Gasteiger partial charge on any atom is 0.257 e. The van der Waals surface area contributed by atoms with E-state index >= 15 is 0 Å². The zero-order chi connectivity index (χ0) is 17.7. The summed E-state index contributed by atoms with van der Waals surface area (Å²) in [6.45, 7) is 4.29. The summed E-state index contributed by atoms with van der Waals surface area (Å²) in [4.78, 5) is 12.2. The Bertz CT molecular complexity index is 749. The molecule has 1 amide bonds. The van der Waals surface area contributed by atoms with Crippen LogP contribution in [0.15, 0.2) is 46.9 Å². The molecule has 0 radical (unpaired) electrons. The Morgan fingerprint density at radius 3 is 2.54 bits per heavy atom. The molecule has 1 atom stereocenters. The fourth-order valence-electron chi connectivity index (χ4n) is 2.21. The molecule has 0 saturated carbocycles. The van der Waals surface area contributed by atoms with Crippen molar-refractivity contribution in [2.75, 3.05) is 5.32 Å². The highest BCUT2D eigenvalue weighted by Gasteiger charge is 2.13. The molecule has 6 heteroatoms. The van der Waals surface area contributed by atoms with Gasteiger partial charge in [0.25, 0.3) is 5.91 Å². The predicted molar refractivity (Wildman–Crippen MR) is 108 cm³/mol. The summed E-state index contributed by atoms with van der Waals surface area (Å²) in [5.74, 6) is 0.103. The van der Waals surface area contributed by atoms with Crippen LogP contribution in [-0.4, -0.2) is 11.0 Å². The van der Waals surface area contributed by atoms with Gasteiger partial charge in [-0.2, -0.15) is 0 Å². The molecule has 2 rings (SSSR count). The molecule has 0 aliphatic heterocycles. The van der Waals surface area contributed by atoms with E-state index in [1.165, 1.54) is 0 Å². The number of benzene rings is 2. The third-order valence-corrected chi connectivity index (χ3v) is 4.69. The van der Waals surface area contributed by atoms with Gasteiger partial charge in [0.2, 0.25) is 0 Å². The number of thiocarbonyl (C=S) groups is 1. The molecule has 2 N–H and O–H groups in total. The van der Waals surface area contributed by atoms with Gasteiger partial charge in [0.15, 0.2) is 5.11 Å². The molecule has 0 aliphatic carbocycles. The molecule has 2 aromatic carbocycles. The van der Waals surface area contributed by atoms with Gasteiger partial charge in [0, 0.05) is 20.7 Å². The number of hydrogen-bond donors (Lipinski definition) is 2. The van der Waals surface area contributed by atoms with Crippen molar-refractivity contribution in [3.8, 4) is 0 Å². The lowest BCUT2D eigenvalue weighted by atomic mass is 9.97. The lowest BCUT2D eigenvalue weighted by Crippen LogP contribution is -2.34. The van der Waals surface area contributed by atoms with E-state index in [2.05, 4.69) is 46.5 Å². The van der Waals surface area contributed by atoms with Crippen LogP contribution < -0.4 is 10.6 Å². The molecule has 0 bridgehead atoms. The summed E-state index contributed by atoms with van der Waals surface area (Å²) in [6, 6.07) is 12.6. The van der Waals surface area contributed by atoms with Crippen molar-refractivity contribution >= 4 is 56.5 Å². The topological polar surface area (TPSA) is 41.1 Å². The van der Waals surface area contributed by atoms with Crippen LogP contribution >= 0.6 is 39.7 Å². The molecule has 0 spiro atoms. The van der Waals surface area contributed by atoms with E-state index in [0.717, 1.165) is 22.1 Å². The normalized spacial score (nSPS) is 11.7. The SMILES string of the molecule is CCC(C)c1cc(Br)ccc1NC(=S)NC(=O)c1ccc(Cl)cc1. The second kappa shape index (κ2) is 8.60. The van der Waals surface area contributed by atoms with Crippen LogP contribution in [0, 0.1) is 0 Å². The first kappa shape index (κ1) is 18.9. The van der Waals surface area contributed by atoms with E-state index in [9.17, 15) is 4.79 Å². The average Bonchev–Trinajstić information content (AvgIpc) is 2.56. The van der Waals surface area contributed by atoms with Crippen molar-refractivity contribution in [3.05, 3.63) is 63.1 Å². The standard InChI is InChI=1S/C18H18BrClN2OS/c1-3-11(2)15-10-13(19)6-9-16(15)21-18(24)22-17(23)12-4-7-14(20)8-5-12/h4-11H,3H2,1-2H3,(H2,21,22,23,24). The van der Waals surface area contributed by atoms with Gasteiger partial charge in [-0.1, -0.05) is 41.4 Å². The van der Waals surface area contributed by atoms with Crippen LogP contribution in [0.5, 0.6) is 0 Å². The Morgan fingerprint density at radius 2 is 1.92 bits per heavy atom. The summed E-state index contributed by atoms with van der Waals surface area (Å²) < 4.78 is 1.01. The molecule has 24 heavy (non-hydrogen) atoms. The van der Waals surface area contributed by atoms with Crippen molar-refractivity contribution in [1.82, 2.24) is 5.32 Å². The zero-order valence-corrected chi connectivity index (χ0v) is 16.6. The number of carbonyl (C=O) groups is 1. The average molecular weight is 426 g/mol. The van der Waals surface area contributed by atoms with Crippen molar-refractivity contribution in [3.63, 3.8) is 0 Å². The number of rotatable bonds is 4. The lowest BCUT2D eigenvalue weighted by molar-refractivity contribution is 0.0978. The first-order chi connectivity index (χ1) is 11.4. The quantitative estimate of drug-likeness (QED) is 0.613. The molecule has 0 heterocycles. The molecular formula is C18H18BrClN2OS. The van der Waals surface area contributed by atoms with Crippen LogP contribution in [0.2, 0.25) is 5.02 Å². The molecule has 0 aliphatic rings. The Kier molecular flexibility index (Phi) is 6.78. The number of hydrogen-bond acceptors (Lipinski definition) is 2. The Hall–Kier alpha value is -1.43. The smallest absolute Gasteiger partial charge is 0.257 e. The van der Waals surface area contributed by atoms with E-state index in [0.29, 0.717) is 16.5 Å². The molecule has 3 nitrogen and oxygen atoms in total. The third-order valence-electron chi connectivity index (χ3n) is 3.74. The van der Waals surface area contributed by atoms with Gasteiger partial charge in [-0.25, -0.2) is 0 Å². The highest BCUT2D eigenvalue weighted by Crippen LogP contribution is 2.29. The van der Waals surface area contributed by atoms with Crippen LogP contribution in [0.1, 0.15) is 42.1 Å². The number of carbonyl (C=O) groups excluding carboxylic acids is 1. The van der Waals surface area contributed by atoms with Gasteiger partial charge in [-0.3, -0.25) is 10.1 Å². The number of amides is 1. The minimum Gasteiger partial charge on any atom is -0.332 e. The van der Waals surface area contributed by atoms with Gasteiger partial charge in [-0.15, -0.1) is 0 Å². The van der Waals surface area contributed by atoms with Crippen molar-refractivity contribution in [2.24, 2.45) is 0 Å². The predicted octanol–water partition coefficient (Wildman–Crippen LogP) is 5.74. The van der Waals surface area contributed by atoms with Crippen LogP contribution in [0.25, 0.3) is 0 Å². The molecule has 126 valence electrons. The van der Waals surface area contributed by atoms with Crippen LogP contribution in [-0.2, 0) is 0 Å². The second-order valence-electron chi connectivity index (χ2n) is 5.46. The molecule has 0 fully saturated rings. The number of anilines is 1. The second-order valence-corrected chi connectivity index (χ2v) is 7.22. The molecule has 0 saturated heterocycles. The Balaban J connectivity index is 2.09. The zero-order valence-electron chi connectivity index (χ0n) is 13.4. The fraction of sp³-hybridized carbons (Fsp3) is 0.222. The highest BCUT2D eigenvalue weighted by atomic mass is 79.9. The summed E-state index contributed by atoms with van der Waals surface area (Å²) in [6.07, 6.45) is 1.01. The Labute approximate surface area is 160 Å². The first-order valence-electron chi connectivity index (χ1n) is 7.58. The number of nitrogens with one attached hydrogen (secondary N) is 2. The van der Waals surface area contributed by atoms with Crippen molar-refractivity contribution < 1.29 is 4.79 Å². The third kappa shape index (κ3) is 5.03. The monoisotopic (exact) mass is 424 g/mol. The van der Waals surface area contributed by atoms with Gasteiger partial charge in [-0.05, 0) is 72.6 Å². The van der Waals surface area contributed by atoms with Gasteiger partial charge < -0.3 is 5.32 Å². The minimum atomic E-state index is -0.272. The summed E-state index contributed by atoms with van der Waals surface area (Å²) in [5, 5.41) is 6.66. The Morgan fingerprint density at radius 1 is 1.25 bits per heavy atom. The molecule has 1 unspecified atom stereocenters. The summed E-state index contributed by atoms with van der Waals surface area (Å²) >= 11 is 14.6. The minimum absolute atomic E-state index is 0.266. The van der Waals surface area contributed by atoms with Crippen LogP contribution in [0.4, 0.5) is 5.69 Å². The van der Waals surface area contributed by atoms with Gasteiger partial charge in [0.1, 0.15) is 0 Å². The van der Waals surface area contributed by atoms with E-state index < -0.39 is 0 Å². The highest BCUT2D eigenvalue weighted by molar-refractivity contribution is 9.10. The maximum atomic E-state index is 12.2. The van der Waals surface area contributed by atoms with Gasteiger partial charge >= 0.3 is 0 Å². The summed E-state index contributed by atoms with van der Waals surface area (Å²) in [5.41, 5.74) is 2.55. The maximum absolute atomic E-state index is 12.2. The summed E-state index contributed by atoms with van der Waals surface area (Å²) in [7, 11) is 0. The lowest BCUT2D eigenvalue weighted by Gasteiger charge is -2.17. The van der Waals surface area contributed by atoms with Gasteiger partial charge in [0.05, 0.1) is 0 Å². The first-order valence-corrected chi connectivity index (χ1v) is 9.16. The molecule has 2 aromatic rings. The fourth-order valence-corrected chi connectivity index (χ4v) is 2.91. The van der Waals surface area contributed by atoms with E-state index in [1.807, 2.05) is 12.1 Å². The van der Waals surface area contributed by atoms with E-state index in [-0.39, 0.29) is 11.0 Å². The largest absolute Gasteiger partial charge is 0.332 e. The van der Waals surface area contributed by atoms with E-state index in [4.69, 9.17) is 23.8 Å². The molecule has 0 aromatic heterocycles. The number of halogens is 2. The van der Waals surface area contributed by atoms with Crippen molar-refractivity contribution in [1.29, 1.82) is 0 Å². The van der Waals surface area contributed by atoms with Crippen molar-refractivity contribution in [2.45, 2.75) is 26.2 Å².